The molecular weight excluding hydrogens is 538 g/mol. The minimum atomic E-state index is -3.81. The Morgan fingerprint density at radius 1 is 0.878 bits per heavy atom. The number of amides is 2. The summed E-state index contributed by atoms with van der Waals surface area (Å²) in [7, 11) is -3.81. The molecule has 218 valence electrons. The molecule has 0 unspecified atom stereocenters. The molecule has 1 aliphatic carbocycles. The summed E-state index contributed by atoms with van der Waals surface area (Å²) in [5, 5.41) is 3.11. The van der Waals surface area contributed by atoms with Gasteiger partial charge in [0.15, 0.2) is 0 Å². The van der Waals surface area contributed by atoms with E-state index in [0.29, 0.717) is 23.6 Å². The van der Waals surface area contributed by atoms with Crippen molar-refractivity contribution in [3.05, 3.63) is 90.5 Å². The number of ether oxygens (including phenoxy) is 1. The van der Waals surface area contributed by atoms with Crippen LogP contribution in [-0.2, 0) is 26.0 Å². The van der Waals surface area contributed by atoms with Crippen molar-refractivity contribution in [3.8, 4) is 11.5 Å². The highest BCUT2D eigenvalue weighted by atomic mass is 32.2. The van der Waals surface area contributed by atoms with Crippen LogP contribution in [0.25, 0.3) is 0 Å². The zero-order valence-electron chi connectivity index (χ0n) is 23.7. The SMILES string of the molecule is C[C@H](C(=O)NC1CCCCC1)N(CCc1ccccc1)C(=O)CN(c1ccc(Oc2ccccc2)cc1)S(C)(=O)=O. The summed E-state index contributed by atoms with van der Waals surface area (Å²) < 4.78 is 32.6. The van der Waals surface area contributed by atoms with Gasteiger partial charge >= 0.3 is 0 Å². The standard InChI is InChI=1S/C32H39N3O5S/c1-25(32(37)33-27-14-8-4-9-15-27)34(23-22-26-12-6-3-7-13-26)31(36)24-35(41(2,38)39)28-18-20-30(21-19-28)40-29-16-10-5-11-17-29/h3,5-7,10-13,16-21,25,27H,4,8-9,14-15,22-24H2,1-2H3,(H,33,37)/t25-/m1/s1. The molecule has 3 aromatic carbocycles. The van der Waals surface area contributed by atoms with Gasteiger partial charge in [-0.05, 0) is 68.1 Å². The molecule has 41 heavy (non-hydrogen) atoms. The number of benzene rings is 3. The third-order valence-corrected chi connectivity index (χ3v) is 8.53. The molecule has 8 nitrogen and oxygen atoms in total. The van der Waals surface area contributed by atoms with Crippen molar-refractivity contribution < 1.29 is 22.7 Å². The van der Waals surface area contributed by atoms with Gasteiger partial charge in [-0.25, -0.2) is 8.42 Å². The number of para-hydroxylation sites is 1. The summed E-state index contributed by atoms with van der Waals surface area (Å²) in [5.41, 5.74) is 1.36. The maximum atomic E-state index is 13.8. The number of nitrogens with zero attached hydrogens (tertiary/aromatic N) is 2. The van der Waals surface area contributed by atoms with Gasteiger partial charge in [-0.15, -0.1) is 0 Å². The highest BCUT2D eigenvalue weighted by Gasteiger charge is 2.31. The van der Waals surface area contributed by atoms with Gasteiger partial charge in [-0.1, -0.05) is 67.8 Å². The van der Waals surface area contributed by atoms with Crippen LogP contribution in [0, 0.1) is 0 Å². The van der Waals surface area contributed by atoms with Crippen LogP contribution in [0.4, 0.5) is 5.69 Å². The van der Waals surface area contributed by atoms with E-state index in [0.717, 1.165) is 41.8 Å². The summed E-state index contributed by atoms with van der Waals surface area (Å²) >= 11 is 0. The predicted molar refractivity (Wildman–Crippen MR) is 161 cm³/mol. The van der Waals surface area contributed by atoms with Gasteiger partial charge in [0, 0.05) is 12.6 Å². The van der Waals surface area contributed by atoms with Crippen molar-refractivity contribution in [1.82, 2.24) is 10.2 Å². The van der Waals surface area contributed by atoms with Gasteiger partial charge in [0.25, 0.3) is 0 Å². The lowest BCUT2D eigenvalue weighted by molar-refractivity contribution is -0.139. The summed E-state index contributed by atoms with van der Waals surface area (Å²) in [5.74, 6) is 0.538. The lowest BCUT2D eigenvalue weighted by Gasteiger charge is -2.33. The molecule has 1 saturated carbocycles. The van der Waals surface area contributed by atoms with Crippen LogP contribution in [0.3, 0.4) is 0 Å². The summed E-state index contributed by atoms with van der Waals surface area (Å²) in [6.45, 7) is 1.57. The summed E-state index contributed by atoms with van der Waals surface area (Å²) in [6.07, 6.45) is 6.80. The van der Waals surface area contributed by atoms with Gasteiger partial charge in [0.2, 0.25) is 21.8 Å². The Morgan fingerprint density at radius 2 is 1.46 bits per heavy atom. The van der Waals surface area contributed by atoms with E-state index in [2.05, 4.69) is 5.32 Å². The summed E-state index contributed by atoms with van der Waals surface area (Å²) in [6, 6.07) is 24.9. The zero-order valence-corrected chi connectivity index (χ0v) is 24.6. The van der Waals surface area contributed by atoms with Crippen molar-refractivity contribution in [2.45, 2.75) is 57.5 Å². The van der Waals surface area contributed by atoms with Crippen molar-refractivity contribution in [3.63, 3.8) is 0 Å². The molecule has 1 atom stereocenters. The van der Waals surface area contributed by atoms with Crippen LogP contribution in [0.5, 0.6) is 11.5 Å². The molecule has 4 rings (SSSR count). The van der Waals surface area contributed by atoms with Crippen LogP contribution in [-0.4, -0.2) is 56.6 Å². The van der Waals surface area contributed by atoms with E-state index >= 15 is 0 Å². The minimum absolute atomic E-state index is 0.105. The van der Waals surface area contributed by atoms with Crippen molar-refractivity contribution in [1.29, 1.82) is 0 Å². The first kappa shape index (κ1) is 30.1. The third kappa shape index (κ3) is 8.82. The van der Waals surface area contributed by atoms with E-state index in [1.165, 1.54) is 11.3 Å². The Morgan fingerprint density at radius 3 is 2.07 bits per heavy atom. The van der Waals surface area contributed by atoms with Gasteiger partial charge in [0.1, 0.15) is 24.1 Å². The molecule has 1 N–H and O–H groups in total. The van der Waals surface area contributed by atoms with Crippen LogP contribution in [0.15, 0.2) is 84.9 Å². The molecule has 0 spiro atoms. The van der Waals surface area contributed by atoms with Gasteiger partial charge < -0.3 is 15.0 Å². The Balaban J connectivity index is 1.51. The van der Waals surface area contributed by atoms with E-state index in [-0.39, 0.29) is 18.5 Å². The predicted octanol–water partition coefficient (Wildman–Crippen LogP) is 5.15. The van der Waals surface area contributed by atoms with Crippen LogP contribution >= 0.6 is 0 Å². The Labute approximate surface area is 243 Å². The molecule has 1 aliphatic rings. The maximum Gasteiger partial charge on any atom is 0.244 e. The second kappa shape index (κ2) is 14.2. The van der Waals surface area contributed by atoms with E-state index in [1.807, 2.05) is 60.7 Å². The molecule has 0 bridgehead atoms. The fourth-order valence-corrected chi connectivity index (χ4v) is 5.91. The molecule has 9 heteroatoms. The fraction of sp³-hybridized carbons (Fsp3) is 0.375. The quantitative estimate of drug-likeness (QED) is 0.321. The van der Waals surface area contributed by atoms with E-state index in [9.17, 15) is 18.0 Å². The van der Waals surface area contributed by atoms with Gasteiger partial charge in [0.05, 0.1) is 11.9 Å². The molecular formula is C32H39N3O5S. The summed E-state index contributed by atoms with van der Waals surface area (Å²) in [4.78, 5) is 28.5. The first-order valence-electron chi connectivity index (χ1n) is 14.1. The van der Waals surface area contributed by atoms with Crippen LogP contribution in [0.2, 0.25) is 0 Å². The van der Waals surface area contributed by atoms with Crippen molar-refractivity contribution in [2.75, 3.05) is 23.7 Å². The number of sulfonamides is 1. The minimum Gasteiger partial charge on any atom is -0.457 e. The normalized spacial score (nSPS) is 14.6. The van der Waals surface area contributed by atoms with Gasteiger partial charge in [-0.3, -0.25) is 13.9 Å². The number of carbonyl (C=O) groups is 2. The first-order chi connectivity index (χ1) is 19.7. The second-order valence-corrected chi connectivity index (χ2v) is 12.4. The molecule has 0 radical (unpaired) electrons. The monoisotopic (exact) mass is 577 g/mol. The fourth-order valence-electron chi connectivity index (χ4n) is 5.06. The van der Waals surface area contributed by atoms with Gasteiger partial charge in [-0.2, -0.15) is 0 Å². The van der Waals surface area contributed by atoms with Crippen molar-refractivity contribution in [2.24, 2.45) is 0 Å². The molecule has 1 fully saturated rings. The second-order valence-electron chi connectivity index (χ2n) is 10.5. The number of hydrogen-bond donors (Lipinski definition) is 1. The lowest BCUT2D eigenvalue weighted by Crippen LogP contribution is -2.53. The largest absolute Gasteiger partial charge is 0.457 e. The molecule has 3 aromatic rings. The number of nitrogens with one attached hydrogen (secondary N) is 1. The number of anilines is 1. The number of carbonyl (C=O) groups excluding carboxylic acids is 2. The smallest absolute Gasteiger partial charge is 0.244 e. The molecule has 0 aromatic heterocycles. The Bertz CT molecular complexity index is 1380. The van der Waals surface area contributed by atoms with E-state index < -0.39 is 28.5 Å². The maximum absolute atomic E-state index is 13.8. The highest BCUT2D eigenvalue weighted by molar-refractivity contribution is 7.92. The highest BCUT2D eigenvalue weighted by Crippen LogP contribution is 2.26. The first-order valence-corrected chi connectivity index (χ1v) is 16.0. The van der Waals surface area contributed by atoms with E-state index in [4.69, 9.17) is 4.74 Å². The molecule has 0 aliphatic heterocycles. The topological polar surface area (TPSA) is 96.0 Å². The third-order valence-electron chi connectivity index (χ3n) is 7.39. The van der Waals surface area contributed by atoms with Crippen LogP contribution < -0.4 is 14.4 Å². The van der Waals surface area contributed by atoms with Crippen molar-refractivity contribution >= 4 is 27.5 Å². The molecule has 0 heterocycles. The molecule has 2 amide bonds. The molecule has 0 saturated heterocycles. The van der Waals surface area contributed by atoms with Crippen LogP contribution in [0.1, 0.15) is 44.6 Å². The Hall–Kier alpha value is -3.85. The average molecular weight is 578 g/mol. The zero-order chi connectivity index (χ0) is 29.2. The number of hydrogen-bond acceptors (Lipinski definition) is 5. The average Bonchev–Trinajstić information content (AvgIpc) is 2.97. The number of rotatable bonds is 12. The van der Waals surface area contributed by atoms with E-state index in [1.54, 1.807) is 31.2 Å². The Kier molecular flexibility index (Phi) is 10.4. The lowest BCUT2D eigenvalue weighted by atomic mass is 9.95.